The van der Waals surface area contributed by atoms with Crippen LogP contribution in [0.5, 0.6) is 0 Å². The molecule has 1 saturated carbocycles. The van der Waals surface area contributed by atoms with Crippen LogP contribution in [-0.2, 0) is 0 Å². The molecule has 0 radical (unpaired) electrons. The van der Waals surface area contributed by atoms with Gasteiger partial charge >= 0.3 is 0 Å². The first-order valence-corrected chi connectivity index (χ1v) is 8.68. The lowest BCUT2D eigenvalue weighted by atomic mass is 9.88. The number of hydrogen-bond acceptors (Lipinski definition) is 2. The van der Waals surface area contributed by atoms with Crippen molar-refractivity contribution in [3.05, 3.63) is 0 Å². The molecule has 0 aromatic rings. The molecule has 1 heterocycles. The van der Waals surface area contributed by atoms with Crippen LogP contribution in [0.3, 0.4) is 0 Å². The van der Waals surface area contributed by atoms with Crippen molar-refractivity contribution < 1.29 is 0 Å². The minimum Gasteiger partial charge on any atom is -0.330 e. The van der Waals surface area contributed by atoms with Crippen molar-refractivity contribution in [1.82, 2.24) is 4.90 Å². The molecule has 112 valence electrons. The Morgan fingerprint density at radius 3 is 2.58 bits per heavy atom. The maximum atomic E-state index is 5.82. The lowest BCUT2D eigenvalue weighted by molar-refractivity contribution is 0.0803. The highest BCUT2D eigenvalue weighted by Crippen LogP contribution is 2.33. The summed E-state index contributed by atoms with van der Waals surface area (Å²) in [6.45, 7) is 7.01. The van der Waals surface area contributed by atoms with E-state index in [4.69, 9.17) is 5.73 Å². The minimum atomic E-state index is 0.791. The van der Waals surface area contributed by atoms with Crippen molar-refractivity contribution in [3.63, 3.8) is 0 Å². The van der Waals surface area contributed by atoms with Crippen LogP contribution >= 0.6 is 0 Å². The van der Waals surface area contributed by atoms with E-state index in [1.54, 1.807) is 0 Å². The highest BCUT2D eigenvalue weighted by molar-refractivity contribution is 4.85. The van der Waals surface area contributed by atoms with Crippen molar-refractivity contribution in [1.29, 1.82) is 0 Å². The van der Waals surface area contributed by atoms with Gasteiger partial charge in [0.25, 0.3) is 0 Å². The number of piperidine rings is 1. The second-order valence-electron chi connectivity index (χ2n) is 7.13. The molecule has 2 nitrogen and oxygen atoms in total. The van der Waals surface area contributed by atoms with E-state index in [-0.39, 0.29) is 0 Å². The summed E-state index contributed by atoms with van der Waals surface area (Å²) in [4.78, 5) is 2.85. The molecule has 2 rings (SSSR count). The van der Waals surface area contributed by atoms with E-state index in [2.05, 4.69) is 18.7 Å². The van der Waals surface area contributed by atoms with Gasteiger partial charge in [-0.05, 0) is 63.5 Å². The average molecular weight is 266 g/mol. The number of rotatable bonds is 4. The number of likely N-dealkylation sites (tertiary alicyclic amines) is 1. The molecule has 19 heavy (non-hydrogen) atoms. The highest BCUT2D eigenvalue weighted by Gasteiger charge is 2.30. The minimum absolute atomic E-state index is 0.791. The molecule has 0 aromatic heterocycles. The maximum Gasteiger partial charge on any atom is 0.0110 e. The van der Waals surface area contributed by atoms with Crippen LogP contribution in [0.1, 0.15) is 71.6 Å². The van der Waals surface area contributed by atoms with Gasteiger partial charge in [0.05, 0.1) is 0 Å². The first kappa shape index (κ1) is 15.3. The van der Waals surface area contributed by atoms with Crippen molar-refractivity contribution in [2.45, 2.75) is 83.7 Å². The molecular formula is C17H34N2. The van der Waals surface area contributed by atoms with E-state index >= 15 is 0 Å². The molecule has 3 atom stereocenters. The van der Waals surface area contributed by atoms with Gasteiger partial charge in [-0.3, -0.25) is 4.90 Å². The number of nitrogens with zero attached hydrogens (tertiary/aromatic N) is 1. The first-order chi connectivity index (χ1) is 9.22. The summed E-state index contributed by atoms with van der Waals surface area (Å²) < 4.78 is 0. The van der Waals surface area contributed by atoms with E-state index in [9.17, 15) is 0 Å². The molecule has 2 aliphatic rings. The molecule has 1 saturated heterocycles. The van der Waals surface area contributed by atoms with Gasteiger partial charge in [0, 0.05) is 12.1 Å². The zero-order valence-corrected chi connectivity index (χ0v) is 13.1. The molecule has 0 amide bonds. The third-order valence-electron chi connectivity index (χ3n) is 5.57. The maximum absolute atomic E-state index is 5.82. The fourth-order valence-corrected chi connectivity index (χ4v) is 4.32. The highest BCUT2D eigenvalue weighted by atomic mass is 15.2. The summed E-state index contributed by atoms with van der Waals surface area (Å²) >= 11 is 0. The first-order valence-electron chi connectivity index (χ1n) is 8.68. The van der Waals surface area contributed by atoms with Gasteiger partial charge in [-0.25, -0.2) is 0 Å². The van der Waals surface area contributed by atoms with E-state index in [0.29, 0.717) is 0 Å². The predicted molar refractivity (Wildman–Crippen MR) is 83.2 cm³/mol. The summed E-state index contributed by atoms with van der Waals surface area (Å²) in [6, 6.07) is 1.65. The number of nitrogens with two attached hydrogens (primary N) is 1. The van der Waals surface area contributed by atoms with Gasteiger partial charge in [-0.15, -0.1) is 0 Å². The van der Waals surface area contributed by atoms with Crippen molar-refractivity contribution in [2.75, 3.05) is 13.1 Å². The van der Waals surface area contributed by atoms with E-state index in [1.807, 2.05) is 0 Å². The monoisotopic (exact) mass is 266 g/mol. The van der Waals surface area contributed by atoms with Crippen molar-refractivity contribution >= 4 is 0 Å². The molecule has 1 aliphatic carbocycles. The van der Waals surface area contributed by atoms with Crippen molar-refractivity contribution in [2.24, 2.45) is 17.6 Å². The molecule has 2 heteroatoms. The summed E-state index contributed by atoms with van der Waals surface area (Å²) in [5, 5.41) is 0. The van der Waals surface area contributed by atoms with Crippen molar-refractivity contribution in [3.8, 4) is 0 Å². The van der Waals surface area contributed by atoms with Crippen LogP contribution in [0.25, 0.3) is 0 Å². The van der Waals surface area contributed by atoms with Gasteiger partial charge in [-0.2, -0.15) is 0 Å². The predicted octanol–water partition coefficient (Wildman–Crippen LogP) is 3.79. The smallest absolute Gasteiger partial charge is 0.0110 e. The summed E-state index contributed by atoms with van der Waals surface area (Å²) in [7, 11) is 0. The topological polar surface area (TPSA) is 29.3 Å². The molecule has 2 fully saturated rings. The van der Waals surface area contributed by atoms with Crippen LogP contribution in [0.2, 0.25) is 0 Å². The standard InChI is InChI=1S/C17H34N2/c1-14(2)15-6-5-8-16(10-9-15)19-13-4-3-7-17(19)11-12-18/h14-17H,3-13,18H2,1-2H3. The lowest BCUT2D eigenvalue weighted by Crippen LogP contribution is -2.46. The zero-order valence-electron chi connectivity index (χ0n) is 13.1. The average Bonchev–Trinajstić information content (AvgIpc) is 2.65. The Hall–Kier alpha value is -0.0800. The van der Waals surface area contributed by atoms with Gasteiger partial charge in [0.2, 0.25) is 0 Å². The Morgan fingerprint density at radius 1 is 1.00 bits per heavy atom. The Balaban J connectivity index is 1.92. The van der Waals surface area contributed by atoms with Crippen LogP contribution in [-0.4, -0.2) is 30.1 Å². The van der Waals surface area contributed by atoms with E-state index < -0.39 is 0 Å². The van der Waals surface area contributed by atoms with E-state index in [1.165, 1.54) is 64.3 Å². The molecule has 3 unspecified atom stereocenters. The summed E-state index contributed by atoms with van der Waals surface area (Å²) in [5.41, 5.74) is 5.82. The van der Waals surface area contributed by atoms with E-state index in [0.717, 1.165) is 30.5 Å². The second-order valence-corrected chi connectivity index (χ2v) is 7.13. The summed E-state index contributed by atoms with van der Waals surface area (Å²) in [6.07, 6.45) is 12.7. The Morgan fingerprint density at radius 2 is 1.84 bits per heavy atom. The van der Waals surface area contributed by atoms with Gasteiger partial charge in [0.1, 0.15) is 0 Å². The fourth-order valence-electron chi connectivity index (χ4n) is 4.32. The Bertz CT molecular complexity index is 250. The lowest BCUT2D eigenvalue weighted by Gasteiger charge is -2.41. The van der Waals surface area contributed by atoms with Gasteiger partial charge in [-0.1, -0.05) is 33.1 Å². The van der Waals surface area contributed by atoms with Crippen LogP contribution in [0.15, 0.2) is 0 Å². The molecule has 0 bridgehead atoms. The molecule has 1 aliphatic heterocycles. The normalized spacial score (nSPS) is 34.4. The molecule has 0 aromatic carbocycles. The Kier molecular flexibility index (Phi) is 6.15. The largest absolute Gasteiger partial charge is 0.330 e. The summed E-state index contributed by atoms with van der Waals surface area (Å²) in [5.74, 6) is 1.85. The van der Waals surface area contributed by atoms with Crippen LogP contribution in [0.4, 0.5) is 0 Å². The third kappa shape index (κ3) is 4.19. The second kappa shape index (κ2) is 7.64. The SMILES string of the molecule is CC(C)C1CCCC(N2CCCCC2CCN)CC1. The zero-order chi connectivity index (χ0) is 13.7. The van der Waals surface area contributed by atoms with Gasteiger partial charge < -0.3 is 5.73 Å². The molecule has 2 N–H and O–H groups in total. The molecule has 0 spiro atoms. The quantitative estimate of drug-likeness (QED) is 0.784. The third-order valence-corrected chi connectivity index (χ3v) is 5.57. The van der Waals surface area contributed by atoms with Crippen LogP contribution < -0.4 is 5.73 Å². The number of hydrogen-bond donors (Lipinski definition) is 1. The Labute approximate surface area is 120 Å². The van der Waals surface area contributed by atoms with Crippen LogP contribution in [0, 0.1) is 11.8 Å². The molecular weight excluding hydrogens is 232 g/mol. The fraction of sp³-hybridized carbons (Fsp3) is 1.00. The van der Waals surface area contributed by atoms with Gasteiger partial charge in [0.15, 0.2) is 0 Å².